The minimum absolute atomic E-state index is 0.0712. The summed E-state index contributed by atoms with van der Waals surface area (Å²) in [6, 6.07) is 4.19. The SMILES string of the molecule is CCNC(=O)CN(CC)c1ccc(F)cc1N. The number of benzene rings is 1. The molecule has 0 aliphatic rings. The molecule has 1 aromatic rings. The minimum Gasteiger partial charge on any atom is -0.397 e. The number of hydrogen-bond acceptors (Lipinski definition) is 3. The molecule has 0 heterocycles. The lowest BCUT2D eigenvalue weighted by Crippen LogP contribution is -2.37. The Balaban J connectivity index is 2.82. The van der Waals surface area contributed by atoms with Gasteiger partial charge in [-0.15, -0.1) is 0 Å². The van der Waals surface area contributed by atoms with Crippen molar-refractivity contribution in [2.75, 3.05) is 30.3 Å². The van der Waals surface area contributed by atoms with E-state index in [-0.39, 0.29) is 18.3 Å². The van der Waals surface area contributed by atoms with E-state index in [0.717, 1.165) is 0 Å². The Hall–Kier alpha value is -1.78. The van der Waals surface area contributed by atoms with Crippen LogP contribution in [-0.4, -0.2) is 25.5 Å². The number of amides is 1. The number of nitrogen functional groups attached to an aromatic ring is 1. The Labute approximate surface area is 101 Å². The normalized spacial score (nSPS) is 10.1. The molecule has 0 saturated carbocycles. The van der Waals surface area contributed by atoms with Crippen molar-refractivity contribution in [2.24, 2.45) is 0 Å². The Morgan fingerprint density at radius 3 is 2.71 bits per heavy atom. The van der Waals surface area contributed by atoms with Gasteiger partial charge in [0.1, 0.15) is 5.82 Å². The second-order valence-electron chi connectivity index (χ2n) is 3.67. The first-order chi connectivity index (χ1) is 8.08. The van der Waals surface area contributed by atoms with E-state index in [1.807, 2.05) is 13.8 Å². The molecule has 0 aliphatic carbocycles. The van der Waals surface area contributed by atoms with Crippen LogP contribution in [0.5, 0.6) is 0 Å². The number of anilines is 2. The van der Waals surface area contributed by atoms with E-state index >= 15 is 0 Å². The third-order valence-corrected chi connectivity index (χ3v) is 2.42. The second kappa shape index (κ2) is 6.08. The van der Waals surface area contributed by atoms with Crippen LogP contribution in [0.4, 0.5) is 15.8 Å². The summed E-state index contributed by atoms with van der Waals surface area (Å²) in [5.74, 6) is -0.446. The quantitative estimate of drug-likeness (QED) is 0.763. The fourth-order valence-corrected chi connectivity index (χ4v) is 1.61. The van der Waals surface area contributed by atoms with E-state index in [1.54, 1.807) is 11.0 Å². The molecule has 0 unspecified atom stereocenters. The van der Waals surface area contributed by atoms with Crippen molar-refractivity contribution < 1.29 is 9.18 Å². The minimum atomic E-state index is -0.375. The van der Waals surface area contributed by atoms with Crippen LogP contribution in [0, 0.1) is 5.82 Å². The molecule has 0 bridgehead atoms. The maximum Gasteiger partial charge on any atom is 0.239 e. The number of halogens is 1. The van der Waals surface area contributed by atoms with Crippen molar-refractivity contribution >= 4 is 17.3 Å². The van der Waals surface area contributed by atoms with Gasteiger partial charge in [-0.1, -0.05) is 0 Å². The molecule has 5 heteroatoms. The Kier molecular flexibility index (Phi) is 4.75. The van der Waals surface area contributed by atoms with Crippen molar-refractivity contribution in [3.63, 3.8) is 0 Å². The molecule has 0 aliphatic heterocycles. The van der Waals surface area contributed by atoms with Crippen LogP contribution < -0.4 is 16.0 Å². The van der Waals surface area contributed by atoms with Crippen LogP contribution in [0.1, 0.15) is 13.8 Å². The van der Waals surface area contributed by atoms with E-state index in [9.17, 15) is 9.18 Å². The van der Waals surface area contributed by atoms with Crippen molar-refractivity contribution in [1.29, 1.82) is 0 Å². The van der Waals surface area contributed by atoms with Crippen molar-refractivity contribution in [1.82, 2.24) is 5.32 Å². The zero-order chi connectivity index (χ0) is 12.8. The summed E-state index contributed by atoms with van der Waals surface area (Å²) in [7, 11) is 0. The lowest BCUT2D eigenvalue weighted by atomic mass is 10.2. The van der Waals surface area contributed by atoms with Gasteiger partial charge in [0, 0.05) is 13.1 Å². The molecule has 94 valence electrons. The van der Waals surface area contributed by atoms with E-state index in [2.05, 4.69) is 5.32 Å². The molecular weight excluding hydrogens is 221 g/mol. The summed E-state index contributed by atoms with van der Waals surface area (Å²) < 4.78 is 12.9. The predicted octanol–water partition coefficient (Wildman–Crippen LogP) is 1.37. The highest BCUT2D eigenvalue weighted by Crippen LogP contribution is 2.23. The molecule has 0 fully saturated rings. The smallest absolute Gasteiger partial charge is 0.239 e. The number of nitrogens with two attached hydrogens (primary N) is 1. The molecule has 0 spiro atoms. The van der Waals surface area contributed by atoms with Gasteiger partial charge in [0.25, 0.3) is 0 Å². The van der Waals surface area contributed by atoms with Crippen molar-refractivity contribution in [2.45, 2.75) is 13.8 Å². The lowest BCUT2D eigenvalue weighted by molar-refractivity contribution is -0.119. The molecule has 1 aromatic carbocycles. The van der Waals surface area contributed by atoms with Gasteiger partial charge in [0.15, 0.2) is 0 Å². The Bertz CT molecular complexity index is 395. The van der Waals surface area contributed by atoms with E-state index in [1.165, 1.54) is 12.1 Å². The zero-order valence-corrected chi connectivity index (χ0v) is 10.2. The first-order valence-electron chi connectivity index (χ1n) is 5.65. The molecule has 0 aromatic heterocycles. The maximum atomic E-state index is 12.9. The molecular formula is C12H18FN3O. The standard InChI is InChI=1S/C12H18FN3O/c1-3-15-12(17)8-16(4-2)11-6-5-9(13)7-10(11)14/h5-7H,3-4,8,14H2,1-2H3,(H,15,17). The maximum absolute atomic E-state index is 12.9. The van der Waals surface area contributed by atoms with Gasteiger partial charge in [-0.2, -0.15) is 0 Å². The lowest BCUT2D eigenvalue weighted by Gasteiger charge is -2.23. The monoisotopic (exact) mass is 239 g/mol. The predicted molar refractivity (Wildman–Crippen MR) is 67.4 cm³/mol. The Morgan fingerprint density at radius 2 is 2.18 bits per heavy atom. The van der Waals surface area contributed by atoms with Gasteiger partial charge in [0.05, 0.1) is 17.9 Å². The number of carbonyl (C=O) groups excluding carboxylic acids is 1. The van der Waals surface area contributed by atoms with Crippen LogP contribution in [0.25, 0.3) is 0 Å². The molecule has 0 saturated heterocycles. The summed E-state index contributed by atoms with van der Waals surface area (Å²) in [6.07, 6.45) is 0. The molecule has 0 atom stereocenters. The molecule has 1 rings (SSSR count). The summed E-state index contributed by atoms with van der Waals surface area (Å²) >= 11 is 0. The van der Waals surface area contributed by atoms with Crippen LogP contribution >= 0.6 is 0 Å². The highest BCUT2D eigenvalue weighted by molar-refractivity contribution is 5.83. The first-order valence-corrected chi connectivity index (χ1v) is 5.65. The number of likely N-dealkylation sites (N-methyl/N-ethyl adjacent to an activating group) is 2. The van der Waals surface area contributed by atoms with Crippen molar-refractivity contribution in [3.05, 3.63) is 24.0 Å². The van der Waals surface area contributed by atoms with Crippen LogP contribution in [0.15, 0.2) is 18.2 Å². The first kappa shape index (κ1) is 13.3. The van der Waals surface area contributed by atoms with Gasteiger partial charge < -0.3 is 16.0 Å². The zero-order valence-electron chi connectivity index (χ0n) is 10.2. The Morgan fingerprint density at radius 1 is 1.47 bits per heavy atom. The molecule has 4 nitrogen and oxygen atoms in total. The number of nitrogens with zero attached hydrogens (tertiary/aromatic N) is 1. The highest BCUT2D eigenvalue weighted by Gasteiger charge is 2.12. The summed E-state index contributed by atoms with van der Waals surface area (Å²) in [4.78, 5) is 13.3. The van der Waals surface area contributed by atoms with Crippen molar-refractivity contribution in [3.8, 4) is 0 Å². The summed E-state index contributed by atoms with van der Waals surface area (Å²) in [6.45, 7) is 5.23. The summed E-state index contributed by atoms with van der Waals surface area (Å²) in [5.41, 5.74) is 6.76. The topological polar surface area (TPSA) is 58.4 Å². The largest absolute Gasteiger partial charge is 0.397 e. The van der Waals surface area contributed by atoms with E-state index < -0.39 is 0 Å². The number of nitrogens with one attached hydrogen (secondary N) is 1. The van der Waals surface area contributed by atoms with Gasteiger partial charge in [0.2, 0.25) is 5.91 Å². The summed E-state index contributed by atoms with van der Waals surface area (Å²) in [5, 5.41) is 2.72. The molecule has 17 heavy (non-hydrogen) atoms. The fraction of sp³-hybridized carbons (Fsp3) is 0.417. The van der Waals surface area contributed by atoms with E-state index in [4.69, 9.17) is 5.73 Å². The van der Waals surface area contributed by atoms with Crippen LogP contribution in [-0.2, 0) is 4.79 Å². The second-order valence-corrected chi connectivity index (χ2v) is 3.67. The van der Waals surface area contributed by atoms with Gasteiger partial charge in [-0.25, -0.2) is 4.39 Å². The molecule has 3 N–H and O–H groups in total. The number of hydrogen-bond donors (Lipinski definition) is 2. The fourth-order valence-electron chi connectivity index (χ4n) is 1.61. The van der Waals surface area contributed by atoms with Gasteiger partial charge in [-0.05, 0) is 32.0 Å². The van der Waals surface area contributed by atoms with Crippen LogP contribution in [0.2, 0.25) is 0 Å². The van der Waals surface area contributed by atoms with E-state index in [0.29, 0.717) is 24.5 Å². The highest BCUT2D eigenvalue weighted by atomic mass is 19.1. The third kappa shape index (κ3) is 3.62. The molecule has 1 amide bonds. The average Bonchev–Trinajstić information content (AvgIpc) is 2.27. The van der Waals surface area contributed by atoms with Crippen LogP contribution in [0.3, 0.4) is 0 Å². The third-order valence-electron chi connectivity index (χ3n) is 2.42. The van der Waals surface area contributed by atoms with Gasteiger partial charge in [-0.3, -0.25) is 4.79 Å². The average molecular weight is 239 g/mol. The molecule has 0 radical (unpaired) electrons. The van der Waals surface area contributed by atoms with Gasteiger partial charge >= 0.3 is 0 Å². The number of rotatable bonds is 5. The number of carbonyl (C=O) groups is 1.